The fraction of sp³-hybridized carbons (Fsp3) is 0.176. The SMILES string of the molecule is CNC(=O)C(NC(=O)c1cccc(OC)c1)c1ccc(F)c(F)c1. The molecular weight excluding hydrogens is 318 g/mol. The first-order chi connectivity index (χ1) is 11.5. The number of methoxy groups -OCH3 is 1. The molecule has 0 aliphatic heterocycles. The summed E-state index contributed by atoms with van der Waals surface area (Å²) in [4.78, 5) is 24.4. The zero-order valence-corrected chi connectivity index (χ0v) is 13.1. The van der Waals surface area contributed by atoms with Crippen molar-refractivity contribution in [3.05, 3.63) is 65.2 Å². The summed E-state index contributed by atoms with van der Waals surface area (Å²) >= 11 is 0. The minimum absolute atomic E-state index is 0.129. The summed E-state index contributed by atoms with van der Waals surface area (Å²) in [6.07, 6.45) is 0. The molecule has 0 radical (unpaired) electrons. The van der Waals surface area contributed by atoms with Crippen molar-refractivity contribution in [3.63, 3.8) is 0 Å². The van der Waals surface area contributed by atoms with E-state index in [2.05, 4.69) is 10.6 Å². The summed E-state index contributed by atoms with van der Waals surface area (Å²) in [7, 11) is 2.85. The average molecular weight is 334 g/mol. The minimum atomic E-state index is -1.16. The van der Waals surface area contributed by atoms with Gasteiger partial charge in [-0.05, 0) is 35.9 Å². The second kappa shape index (κ2) is 7.54. The molecule has 126 valence electrons. The van der Waals surface area contributed by atoms with Crippen molar-refractivity contribution in [2.24, 2.45) is 0 Å². The lowest BCUT2D eigenvalue weighted by Crippen LogP contribution is -2.39. The molecule has 0 saturated heterocycles. The largest absolute Gasteiger partial charge is 0.497 e. The van der Waals surface area contributed by atoms with E-state index in [1.165, 1.54) is 26.3 Å². The van der Waals surface area contributed by atoms with Gasteiger partial charge in [0, 0.05) is 12.6 Å². The molecule has 0 aliphatic rings. The topological polar surface area (TPSA) is 67.4 Å². The van der Waals surface area contributed by atoms with Crippen molar-refractivity contribution in [2.75, 3.05) is 14.2 Å². The number of hydrogen-bond acceptors (Lipinski definition) is 3. The molecule has 1 unspecified atom stereocenters. The van der Waals surface area contributed by atoms with Crippen molar-refractivity contribution in [3.8, 4) is 5.75 Å². The van der Waals surface area contributed by atoms with E-state index in [-0.39, 0.29) is 11.1 Å². The van der Waals surface area contributed by atoms with Gasteiger partial charge >= 0.3 is 0 Å². The number of ether oxygens (including phenoxy) is 1. The first kappa shape index (κ1) is 17.4. The number of likely N-dealkylation sites (N-methyl/N-ethyl adjacent to an activating group) is 1. The first-order valence-corrected chi connectivity index (χ1v) is 7.07. The van der Waals surface area contributed by atoms with E-state index >= 15 is 0 Å². The van der Waals surface area contributed by atoms with Gasteiger partial charge in [0.1, 0.15) is 11.8 Å². The van der Waals surface area contributed by atoms with Gasteiger partial charge in [-0.2, -0.15) is 0 Å². The highest BCUT2D eigenvalue weighted by Gasteiger charge is 2.23. The van der Waals surface area contributed by atoms with Crippen LogP contribution in [0.4, 0.5) is 8.78 Å². The Hall–Kier alpha value is -2.96. The summed E-state index contributed by atoms with van der Waals surface area (Å²) < 4.78 is 31.6. The number of amides is 2. The molecule has 7 heteroatoms. The Morgan fingerprint density at radius 3 is 2.46 bits per heavy atom. The van der Waals surface area contributed by atoms with Crippen LogP contribution < -0.4 is 15.4 Å². The van der Waals surface area contributed by atoms with Gasteiger partial charge in [-0.1, -0.05) is 12.1 Å². The van der Waals surface area contributed by atoms with E-state index in [9.17, 15) is 18.4 Å². The quantitative estimate of drug-likeness (QED) is 0.881. The molecule has 0 aliphatic carbocycles. The highest BCUT2D eigenvalue weighted by Crippen LogP contribution is 2.19. The van der Waals surface area contributed by atoms with E-state index in [1.54, 1.807) is 18.2 Å². The van der Waals surface area contributed by atoms with Gasteiger partial charge in [0.05, 0.1) is 7.11 Å². The molecule has 2 N–H and O–H groups in total. The van der Waals surface area contributed by atoms with Gasteiger partial charge in [0.15, 0.2) is 11.6 Å². The predicted octanol–water partition coefficient (Wildman–Crippen LogP) is 2.19. The molecular formula is C17H16F2N2O3. The van der Waals surface area contributed by atoms with Crippen LogP contribution in [0.1, 0.15) is 22.0 Å². The zero-order chi connectivity index (χ0) is 17.7. The number of halogens is 2. The van der Waals surface area contributed by atoms with Gasteiger partial charge in [0.25, 0.3) is 5.91 Å². The fourth-order valence-corrected chi connectivity index (χ4v) is 2.12. The van der Waals surface area contributed by atoms with Crippen LogP contribution >= 0.6 is 0 Å². The predicted molar refractivity (Wildman–Crippen MR) is 83.6 cm³/mol. The van der Waals surface area contributed by atoms with Crippen LogP contribution in [0.5, 0.6) is 5.75 Å². The number of hydrogen-bond donors (Lipinski definition) is 2. The lowest BCUT2D eigenvalue weighted by Gasteiger charge is -2.18. The van der Waals surface area contributed by atoms with Crippen LogP contribution in [0.2, 0.25) is 0 Å². The Kier molecular flexibility index (Phi) is 5.47. The Labute approximate surface area is 137 Å². The van der Waals surface area contributed by atoms with Gasteiger partial charge in [-0.15, -0.1) is 0 Å². The van der Waals surface area contributed by atoms with Crippen LogP contribution in [0, 0.1) is 11.6 Å². The van der Waals surface area contributed by atoms with E-state index in [0.29, 0.717) is 5.75 Å². The second-order valence-electron chi connectivity index (χ2n) is 4.93. The smallest absolute Gasteiger partial charge is 0.252 e. The van der Waals surface area contributed by atoms with Gasteiger partial charge in [0.2, 0.25) is 5.91 Å². The monoisotopic (exact) mass is 334 g/mol. The Morgan fingerprint density at radius 2 is 1.83 bits per heavy atom. The molecule has 0 aromatic heterocycles. The van der Waals surface area contributed by atoms with E-state index in [4.69, 9.17) is 4.74 Å². The third kappa shape index (κ3) is 3.87. The molecule has 2 aromatic carbocycles. The molecule has 0 spiro atoms. The Balaban J connectivity index is 2.30. The number of rotatable bonds is 5. The third-order valence-electron chi connectivity index (χ3n) is 3.39. The van der Waals surface area contributed by atoms with Gasteiger partial charge in [-0.3, -0.25) is 9.59 Å². The van der Waals surface area contributed by atoms with Crippen LogP contribution in [0.25, 0.3) is 0 Å². The fourth-order valence-electron chi connectivity index (χ4n) is 2.12. The minimum Gasteiger partial charge on any atom is -0.497 e. The summed E-state index contributed by atoms with van der Waals surface area (Å²) in [6.45, 7) is 0. The maximum atomic E-state index is 13.4. The van der Waals surface area contributed by atoms with Crippen molar-refractivity contribution in [2.45, 2.75) is 6.04 Å². The van der Waals surface area contributed by atoms with Crippen LogP contribution in [-0.2, 0) is 4.79 Å². The number of carbonyl (C=O) groups is 2. The molecule has 2 amide bonds. The Bertz CT molecular complexity index is 765. The van der Waals surface area contributed by atoms with E-state index < -0.39 is 29.5 Å². The molecule has 0 fully saturated rings. The van der Waals surface area contributed by atoms with Gasteiger partial charge < -0.3 is 15.4 Å². The van der Waals surface area contributed by atoms with E-state index in [1.807, 2.05) is 0 Å². The molecule has 2 aromatic rings. The highest BCUT2D eigenvalue weighted by atomic mass is 19.2. The van der Waals surface area contributed by atoms with Crippen molar-refractivity contribution < 1.29 is 23.1 Å². The van der Waals surface area contributed by atoms with Gasteiger partial charge in [-0.25, -0.2) is 8.78 Å². The molecule has 2 rings (SSSR count). The maximum Gasteiger partial charge on any atom is 0.252 e. The molecule has 5 nitrogen and oxygen atoms in total. The molecule has 1 atom stereocenters. The number of carbonyl (C=O) groups excluding carboxylic acids is 2. The average Bonchev–Trinajstić information content (AvgIpc) is 2.61. The highest BCUT2D eigenvalue weighted by molar-refractivity contribution is 5.98. The van der Waals surface area contributed by atoms with Crippen molar-refractivity contribution in [1.82, 2.24) is 10.6 Å². The first-order valence-electron chi connectivity index (χ1n) is 7.07. The third-order valence-corrected chi connectivity index (χ3v) is 3.39. The molecule has 0 bridgehead atoms. The Morgan fingerprint density at radius 1 is 1.08 bits per heavy atom. The standard InChI is InChI=1S/C17H16F2N2O3/c1-20-17(23)15(10-6-7-13(18)14(19)9-10)21-16(22)11-4-3-5-12(8-11)24-2/h3-9,15H,1-2H3,(H,20,23)(H,21,22). The van der Waals surface area contributed by atoms with Crippen LogP contribution in [-0.4, -0.2) is 26.0 Å². The summed E-state index contributed by atoms with van der Waals surface area (Å²) in [5, 5.41) is 4.89. The normalized spacial score (nSPS) is 11.5. The number of nitrogens with one attached hydrogen (secondary N) is 2. The molecule has 0 saturated carbocycles. The second-order valence-corrected chi connectivity index (χ2v) is 4.93. The summed E-state index contributed by atoms with van der Waals surface area (Å²) in [5.74, 6) is -2.76. The summed E-state index contributed by atoms with van der Waals surface area (Å²) in [5.41, 5.74) is 0.398. The summed E-state index contributed by atoms with van der Waals surface area (Å²) in [6, 6.07) is 8.20. The number of benzene rings is 2. The lowest BCUT2D eigenvalue weighted by atomic mass is 10.0. The molecule has 24 heavy (non-hydrogen) atoms. The maximum absolute atomic E-state index is 13.4. The van der Waals surface area contributed by atoms with Crippen molar-refractivity contribution in [1.29, 1.82) is 0 Å². The van der Waals surface area contributed by atoms with Crippen LogP contribution in [0.3, 0.4) is 0 Å². The molecule has 0 heterocycles. The van der Waals surface area contributed by atoms with Crippen molar-refractivity contribution >= 4 is 11.8 Å². The lowest BCUT2D eigenvalue weighted by molar-refractivity contribution is -0.122. The zero-order valence-electron chi connectivity index (χ0n) is 13.1. The van der Waals surface area contributed by atoms with Crippen LogP contribution in [0.15, 0.2) is 42.5 Å². The van der Waals surface area contributed by atoms with E-state index in [0.717, 1.165) is 12.1 Å².